The van der Waals surface area contributed by atoms with Gasteiger partial charge in [-0.05, 0) is 54.7 Å². The van der Waals surface area contributed by atoms with Crippen LogP contribution in [0.4, 0.5) is 4.39 Å². The number of phenols is 1. The van der Waals surface area contributed by atoms with E-state index in [4.69, 9.17) is 4.99 Å². The summed E-state index contributed by atoms with van der Waals surface area (Å²) in [5.74, 6) is 0.0729. The second-order valence-electron chi connectivity index (χ2n) is 6.26. The van der Waals surface area contributed by atoms with Gasteiger partial charge in [-0.1, -0.05) is 24.6 Å². The SMILES string of the molecule is Oc1ccc2c(c1)C(C1(c3ccc(F)cc3)CCC1)=NCC2. The average Bonchev–Trinajstić information content (AvgIpc) is 2.48. The van der Waals surface area contributed by atoms with E-state index in [2.05, 4.69) is 0 Å². The van der Waals surface area contributed by atoms with E-state index in [9.17, 15) is 9.50 Å². The molecule has 2 aromatic carbocycles. The van der Waals surface area contributed by atoms with E-state index in [0.717, 1.165) is 49.1 Å². The highest BCUT2D eigenvalue weighted by molar-refractivity contribution is 6.10. The highest BCUT2D eigenvalue weighted by Crippen LogP contribution is 2.48. The lowest BCUT2D eigenvalue weighted by atomic mass is 9.59. The molecule has 0 amide bonds. The van der Waals surface area contributed by atoms with Crippen LogP contribution in [0.25, 0.3) is 0 Å². The Kier molecular flexibility index (Phi) is 3.03. The summed E-state index contributed by atoms with van der Waals surface area (Å²) in [4.78, 5) is 4.82. The maximum absolute atomic E-state index is 13.3. The van der Waals surface area contributed by atoms with Gasteiger partial charge in [-0.3, -0.25) is 4.99 Å². The van der Waals surface area contributed by atoms with Crippen LogP contribution in [-0.4, -0.2) is 17.4 Å². The highest BCUT2D eigenvalue weighted by atomic mass is 19.1. The van der Waals surface area contributed by atoms with Crippen LogP contribution in [0.5, 0.6) is 5.75 Å². The maximum atomic E-state index is 13.3. The number of hydrogen-bond donors (Lipinski definition) is 1. The van der Waals surface area contributed by atoms with E-state index in [-0.39, 0.29) is 17.0 Å². The van der Waals surface area contributed by atoms with Crippen molar-refractivity contribution < 1.29 is 9.50 Å². The Morgan fingerprint density at radius 1 is 1.05 bits per heavy atom. The molecular weight excluding hydrogens is 277 g/mol. The molecule has 0 unspecified atom stereocenters. The molecule has 1 heterocycles. The Balaban J connectivity index is 1.84. The van der Waals surface area contributed by atoms with Crippen molar-refractivity contribution in [2.75, 3.05) is 6.54 Å². The van der Waals surface area contributed by atoms with E-state index >= 15 is 0 Å². The molecule has 2 nitrogen and oxygen atoms in total. The minimum Gasteiger partial charge on any atom is -0.508 e. The smallest absolute Gasteiger partial charge is 0.123 e. The number of benzene rings is 2. The maximum Gasteiger partial charge on any atom is 0.123 e. The molecule has 4 rings (SSSR count). The van der Waals surface area contributed by atoms with Crippen molar-refractivity contribution in [2.45, 2.75) is 31.1 Å². The second kappa shape index (κ2) is 4.94. The van der Waals surface area contributed by atoms with E-state index < -0.39 is 0 Å². The molecule has 0 saturated heterocycles. The van der Waals surface area contributed by atoms with Gasteiger partial charge in [0, 0.05) is 17.5 Å². The summed E-state index contributed by atoms with van der Waals surface area (Å²) in [6.07, 6.45) is 4.14. The summed E-state index contributed by atoms with van der Waals surface area (Å²) in [6.45, 7) is 0.788. The number of fused-ring (bicyclic) bond motifs is 1. The summed E-state index contributed by atoms with van der Waals surface area (Å²) in [5, 5.41) is 9.86. The van der Waals surface area contributed by atoms with Crippen molar-refractivity contribution in [1.82, 2.24) is 0 Å². The summed E-state index contributed by atoms with van der Waals surface area (Å²) in [6, 6.07) is 12.4. The normalized spacial score (nSPS) is 19.0. The molecule has 0 spiro atoms. The van der Waals surface area contributed by atoms with Gasteiger partial charge in [0.05, 0.1) is 5.71 Å². The number of rotatable bonds is 2. The topological polar surface area (TPSA) is 32.6 Å². The quantitative estimate of drug-likeness (QED) is 0.892. The standard InChI is InChI=1S/C19H18FNO/c20-15-5-3-14(4-6-15)19(9-1-10-19)18-17-12-16(22)7-2-13(17)8-11-21-18/h2-7,12,22H,1,8-11H2. The number of halogens is 1. The number of hydrogen-bond acceptors (Lipinski definition) is 2. The van der Waals surface area contributed by atoms with Crippen molar-refractivity contribution >= 4 is 5.71 Å². The first kappa shape index (κ1) is 13.5. The lowest BCUT2D eigenvalue weighted by Crippen LogP contribution is -2.44. The zero-order chi connectivity index (χ0) is 15.2. The van der Waals surface area contributed by atoms with Crippen LogP contribution in [0, 0.1) is 5.82 Å². The average molecular weight is 295 g/mol. The molecule has 0 aromatic heterocycles. The van der Waals surface area contributed by atoms with Crippen molar-refractivity contribution in [3.63, 3.8) is 0 Å². The van der Waals surface area contributed by atoms with E-state index in [0.29, 0.717) is 0 Å². The lowest BCUT2D eigenvalue weighted by Gasteiger charge is -2.45. The predicted octanol–water partition coefficient (Wildman–Crippen LogP) is 4.00. The van der Waals surface area contributed by atoms with Gasteiger partial charge in [-0.15, -0.1) is 0 Å². The van der Waals surface area contributed by atoms with E-state index in [1.807, 2.05) is 24.3 Å². The highest BCUT2D eigenvalue weighted by Gasteiger charge is 2.44. The van der Waals surface area contributed by atoms with Gasteiger partial charge in [-0.2, -0.15) is 0 Å². The fourth-order valence-electron chi connectivity index (χ4n) is 3.75. The molecule has 2 aromatic rings. The Morgan fingerprint density at radius 3 is 2.50 bits per heavy atom. The van der Waals surface area contributed by atoms with Gasteiger partial charge in [0.2, 0.25) is 0 Å². The van der Waals surface area contributed by atoms with Crippen LogP contribution in [0.2, 0.25) is 0 Å². The van der Waals surface area contributed by atoms with E-state index in [1.165, 1.54) is 17.7 Å². The molecular formula is C19H18FNO. The monoisotopic (exact) mass is 295 g/mol. The summed E-state index contributed by atoms with van der Waals surface area (Å²) in [7, 11) is 0. The zero-order valence-electron chi connectivity index (χ0n) is 12.3. The number of nitrogens with zero attached hydrogens (tertiary/aromatic N) is 1. The zero-order valence-corrected chi connectivity index (χ0v) is 12.3. The predicted molar refractivity (Wildman–Crippen MR) is 85.1 cm³/mol. The van der Waals surface area contributed by atoms with E-state index in [1.54, 1.807) is 6.07 Å². The lowest BCUT2D eigenvalue weighted by molar-refractivity contribution is 0.339. The fraction of sp³-hybridized carbons (Fsp3) is 0.316. The van der Waals surface area contributed by atoms with Gasteiger partial charge in [0.15, 0.2) is 0 Å². The fourth-order valence-corrected chi connectivity index (χ4v) is 3.75. The molecule has 0 radical (unpaired) electrons. The third kappa shape index (κ3) is 1.96. The minimum atomic E-state index is -0.207. The second-order valence-corrected chi connectivity index (χ2v) is 6.26. The van der Waals surface area contributed by atoms with Gasteiger partial charge in [0.25, 0.3) is 0 Å². The molecule has 1 aliphatic carbocycles. The Morgan fingerprint density at radius 2 is 1.82 bits per heavy atom. The van der Waals surface area contributed by atoms with Crippen molar-refractivity contribution in [1.29, 1.82) is 0 Å². The van der Waals surface area contributed by atoms with Gasteiger partial charge >= 0.3 is 0 Å². The van der Waals surface area contributed by atoms with Gasteiger partial charge in [0.1, 0.15) is 11.6 Å². The molecule has 112 valence electrons. The number of phenolic OH excluding ortho intramolecular Hbond substituents is 1. The third-order valence-corrected chi connectivity index (χ3v) is 5.06. The van der Waals surface area contributed by atoms with Crippen molar-refractivity contribution in [2.24, 2.45) is 4.99 Å². The van der Waals surface area contributed by atoms with Crippen LogP contribution in [-0.2, 0) is 11.8 Å². The molecule has 3 heteroatoms. The molecule has 1 aliphatic heterocycles. The van der Waals surface area contributed by atoms with Gasteiger partial charge in [-0.25, -0.2) is 4.39 Å². The Bertz CT molecular complexity index is 745. The molecule has 2 aliphatic rings. The molecule has 0 atom stereocenters. The largest absolute Gasteiger partial charge is 0.508 e. The number of aliphatic imine (C=N–C) groups is 1. The molecule has 1 saturated carbocycles. The molecule has 1 N–H and O–H groups in total. The Labute approximate surface area is 129 Å². The minimum absolute atomic E-state index is 0.114. The summed E-state index contributed by atoms with van der Waals surface area (Å²) < 4.78 is 13.3. The van der Waals surface area contributed by atoms with Crippen molar-refractivity contribution in [3.05, 3.63) is 65.0 Å². The first-order valence-corrected chi connectivity index (χ1v) is 7.82. The molecule has 1 fully saturated rings. The van der Waals surface area contributed by atoms with Crippen LogP contribution in [0.15, 0.2) is 47.5 Å². The van der Waals surface area contributed by atoms with Gasteiger partial charge < -0.3 is 5.11 Å². The van der Waals surface area contributed by atoms with Crippen LogP contribution >= 0.6 is 0 Å². The van der Waals surface area contributed by atoms with Crippen LogP contribution < -0.4 is 0 Å². The van der Waals surface area contributed by atoms with Crippen molar-refractivity contribution in [3.8, 4) is 5.75 Å². The Hall–Kier alpha value is -2.16. The molecule has 22 heavy (non-hydrogen) atoms. The summed E-state index contributed by atoms with van der Waals surface area (Å²) >= 11 is 0. The first-order valence-electron chi connectivity index (χ1n) is 7.82. The third-order valence-electron chi connectivity index (χ3n) is 5.06. The summed E-state index contributed by atoms with van der Waals surface area (Å²) in [5.41, 5.74) is 4.40. The van der Waals surface area contributed by atoms with Crippen LogP contribution in [0.1, 0.15) is 36.0 Å². The molecule has 0 bridgehead atoms. The first-order chi connectivity index (χ1) is 10.7. The van der Waals surface area contributed by atoms with Crippen LogP contribution in [0.3, 0.4) is 0 Å². The number of aromatic hydroxyl groups is 1.